The molecule has 4 aromatic rings. The Morgan fingerprint density at radius 1 is 1.17 bits per heavy atom. The fourth-order valence-electron chi connectivity index (χ4n) is 3.69. The number of fused-ring (bicyclic) bond motifs is 1. The number of H-pyrrole nitrogens is 1. The van der Waals surface area contributed by atoms with Gasteiger partial charge in [0.2, 0.25) is 0 Å². The van der Waals surface area contributed by atoms with Crippen LogP contribution in [0, 0.1) is 0 Å². The zero-order valence-electron chi connectivity index (χ0n) is 18.5. The van der Waals surface area contributed by atoms with Crippen molar-refractivity contribution in [3.63, 3.8) is 0 Å². The third-order valence-corrected chi connectivity index (χ3v) is 5.57. The second kappa shape index (κ2) is 8.98. The number of halogens is 3. The highest BCUT2D eigenvalue weighted by atomic mass is 19.4. The SMILES string of the molecule is C[C@@H](NC(=O)c1cc(N2CCOCC2)ncn1)c1cc(-c2nc3ccc(C(F)(F)F)cc3[nH]2)no1. The number of nitrogens with zero attached hydrogens (tertiary/aromatic N) is 5. The van der Waals surface area contributed by atoms with Gasteiger partial charge in [-0.3, -0.25) is 4.79 Å². The van der Waals surface area contributed by atoms with E-state index in [1.807, 2.05) is 4.90 Å². The van der Waals surface area contributed by atoms with Crippen molar-refractivity contribution in [3.05, 3.63) is 53.7 Å². The second-order valence-electron chi connectivity index (χ2n) is 7.99. The lowest BCUT2D eigenvalue weighted by Crippen LogP contribution is -2.37. The molecule has 1 aliphatic heterocycles. The fraction of sp³-hybridized carbons (Fsp3) is 0.318. The van der Waals surface area contributed by atoms with E-state index in [0.29, 0.717) is 49.1 Å². The number of amides is 1. The smallest absolute Gasteiger partial charge is 0.378 e. The first-order valence-corrected chi connectivity index (χ1v) is 10.8. The van der Waals surface area contributed by atoms with Crippen molar-refractivity contribution in [3.8, 4) is 11.5 Å². The van der Waals surface area contributed by atoms with Crippen molar-refractivity contribution >= 4 is 22.8 Å². The zero-order valence-corrected chi connectivity index (χ0v) is 18.5. The van der Waals surface area contributed by atoms with Gasteiger partial charge < -0.3 is 24.5 Å². The van der Waals surface area contributed by atoms with E-state index in [2.05, 4.69) is 30.4 Å². The van der Waals surface area contributed by atoms with Crippen molar-refractivity contribution in [1.29, 1.82) is 0 Å². The average Bonchev–Trinajstić information content (AvgIpc) is 3.51. The first-order chi connectivity index (χ1) is 16.8. The fourth-order valence-corrected chi connectivity index (χ4v) is 3.69. The number of carbonyl (C=O) groups excluding carboxylic acids is 1. The Hall–Kier alpha value is -4.00. The molecule has 0 saturated carbocycles. The second-order valence-corrected chi connectivity index (χ2v) is 7.99. The van der Waals surface area contributed by atoms with Gasteiger partial charge in [0, 0.05) is 25.2 Å². The van der Waals surface area contributed by atoms with Crippen LogP contribution in [-0.4, -0.2) is 57.3 Å². The molecule has 0 bridgehead atoms. The van der Waals surface area contributed by atoms with Gasteiger partial charge in [-0.05, 0) is 25.1 Å². The highest BCUT2D eigenvalue weighted by Gasteiger charge is 2.31. The van der Waals surface area contributed by atoms with Crippen molar-refractivity contribution in [2.24, 2.45) is 0 Å². The van der Waals surface area contributed by atoms with E-state index < -0.39 is 23.7 Å². The molecule has 0 radical (unpaired) electrons. The molecule has 0 unspecified atom stereocenters. The highest BCUT2D eigenvalue weighted by molar-refractivity contribution is 5.93. The maximum Gasteiger partial charge on any atom is 0.416 e. The lowest BCUT2D eigenvalue weighted by molar-refractivity contribution is -0.137. The van der Waals surface area contributed by atoms with Crippen LogP contribution in [0.2, 0.25) is 0 Å². The van der Waals surface area contributed by atoms with Crippen LogP contribution in [0.1, 0.15) is 34.8 Å². The van der Waals surface area contributed by atoms with E-state index in [-0.39, 0.29) is 17.0 Å². The summed E-state index contributed by atoms with van der Waals surface area (Å²) >= 11 is 0. The van der Waals surface area contributed by atoms with Crippen molar-refractivity contribution in [2.75, 3.05) is 31.2 Å². The number of hydrogen-bond acceptors (Lipinski definition) is 8. The quantitative estimate of drug-likeness (QED) is 0.440. The molecule has 2 N–H and O–H groups in total. The van der Waals surface area contributed by atoms with Gasteiger partial charge in [-0.15, -0.1) is 0 Å². The molecule has 3 aromatic heterocycles. The summed E-state index contributed by atoms with van der Waals surface area (Å²) in [5.74, 6) is 0.809. The van der Waals surface area contributed by atoms with Gasteiger partial charge in [-0.2, -0.15) is 13.2 Å². The van der Waals surface area contributed by atoms with Gasteiger partial charge in [0.15, 0.2) is 11.6 Å². The molecule has 1 saturated heterocycles. The number of anilines is 1. The van der Waals surface area contributed by atoms with E-state index in [4.69, 9.17) is 9.26 Å². The third kappa shape index (κ3) is 4.80. The molecule has 4 heterocycles. The van der Waals surface area contributed by atoms with Crippen molar-refractivity contribution in [1.82, 2.24) is 30.4 Å². The Morgan fingerprint density at radius 3 is 2.74 bits per heavy atom. The molecule has 13 heteroatoms. The van der Waals surface area contributed by atoms with E-state index >= 15 is 0 Å². The largest absolute Gasteiger partial charge is 0.416 e. The molecule has 10 nitrogen and oxygen atoms in total. The Labute approximate surface area is 196 Å². The highest BCUT2D eigenvalue weighted by Crippen LogP contribution is 2.32. The summed E-state index contributed by atoms with van der Waals surface area (Å²) in [5.41, 5.74) is 0.298. The van der Waals surface area contributed by atoms with Gasteiger partial charge in [-0.25, -0.2) is 15.0 Å². The van der Waals surface area contributed by atoms with Crippen LogP contribution < -0.4 is 10.2 Å². The minimum Gasteiger partial charge on any atom is -0.378 e. The van der Waals surface area contributed by atoms with Crippen LogP contribution in [0.3, 0.4) is 0 Å². The van der Waals surface area contributed by atoms with Crippen LogP contribution >= 0.6 is 0 Å². The van der Waals surface area contributed by atoms with Crippen LogP contribution in [0.15, 0.2) is 41.2 Å². The number of nitrogens with one attached hydrogen (secondary N) is 2. The number of hydrogen-bond donors (Lipinski definition) is 2. The number of imidazole rings is 1. The first-order valence-electron chi connectivity index (χ1n) is 10.8. The Kier molecular flexibility index (Phi) is 5.84. The summed E-state index contributed by atoms with van der Waals surface area (Å²) < 4.78 is 49.6. The first kappa shape index (κ1) is 22.8. The molecule has 1 fully saturated rings. The zero-order chi connectivity index (χ0) is 24.6. The summed E-state index contributed by atoms with van der Waals surface area (Å²) in [5, 5.41) is 6.74. The molecule has 1 aromatic carbocycles. The standard InChI is InChI=1S/C22H20F3N7O3/c1-12(28-21(33)17-10-19(27-11-26-17)32-4-6-34-7-5-32)18-9-16(31-35-18)20-29-14-3-2-13(22(23,24)25)8-15(14)30-20/h2-3,8-12H,4-7H2,1H3,(H,28,33)(H,29,30)/t12-/m1/s1. The molecule has 0 aliphatic carbocycles. The number of carbonyl (C=O) groups is 1. The molecule has 35 heavy (non-hydrogen) atoms. The molecule has 5 rings (SSSR count). The van der Waals surface area contributed by atoms with E-state index in [1.165, 1.54) is 12.4 Å². The summed E-state index contributed by atoms with van der Waals surface area (Å²) in [6.07, 6.45) is -3.12. The Morgan fingerprint density at radius 2 is 1.97 bits per heavy atom. The van der Waals surface area contributed by atoms with Gasteiger partial charge in [0.05, 0.1) is 35.9 Å². The summed E-state index contributed by atoms with van der Waals surface area (Å²) in [6.45, 7) is 4.24. The molecule has 1 atom stereocenters. The van der Waals surface area contributed by atoms with Gasteiger partial charge >= 0.3 is 6.18 Å². The third-order valence-electron chi connectivity index (χ3n) is 5.57. The summed E-state index contributed by atoms with van der Waals surface area (Å²) in [7, 11) is 0. The lowest BCUT2D eigenvalue weighted by Gasteiger charge is -2.27. The Balaban J connectivity index is 1.29. The lowest BCUT2D eigenvalue weighted by atomic mass is 10.2. The number of aromatic amines is 1. The van der Waals surface area contributed by atoms with Gasteiger partial charge in [0.1, 0.15) is 23.5 Å². The number of alkyl halides is 3. The molecule has 182 valence electrons. The molecule has 0 spiro atoms. The molecular weight excluding hydrogens is 467 g/mol. The minimum absolute atomic E-state index is 0.200. The maximum atomic E-state index is 13.0. The van der Waals surface area contributed by atoms with Crippen LogP contribution in [0.5, 0.6) is 0 Å². The van der Waals surface area contributed by atoms with Gasteiger partial charge in [-0.1, -0.05) is 5.16 Å². The van der Waals surface area contributed by atoms with E-state index in [9.17, 15) is 18.0 Å². The van der Waals surface area contributed by atoms with E-state index in [1.54, 1.807) is 19.1 Å². The summed E-state index contributed by atoms with van der Waals surface area (Å²) in [6, 6.07) is 5.86. The van der Waals surface area contributed by atoms with Crippen LogP contribution in [-0.2, 0) is 10.9 Å². The molecule has 1 aliphatic rings. The number of ether oxygens (including phenoxy) is 1. The number of benzene rings is 1. The van der Waals surface area contributed by atoms with E-state index in [0.717, 1.165) is 12.1 Å². The molecular formula is C22H20F3N7O3. The predicted octanol–water partition coefficient (Wildman–Crippen LogP) is 3.35. The summed E-state index contributed by atoms with van der Waals surface area (Å²) in [4.78, 5) is 30.2. The normalized spacial score (nSPS) is 15.4. The van der Waals surface area contributed by atoms with Crippen LogP contribution in [0.25, 0.3) is 22.6 Å². The van der Waals surface area contributed by atoms with Gasteiger partial charge in [0.25, 0.3) is 5.91 Å². The minimum atomic E-state index is -4.46. The Bertz CT molecular complexity index is 1360. The monoisotopic (exact) mass is 487 g/mol. The number of morpholine rings is 1. The van der Waals surface area contributed by atoms with Crippen LogP contribution in [0.4, 0.5) is 19.0 Å². The topological polar surface area (TPSA) is 122 Å². The number of aromatic nitrogens is 5. The maximum absolute atomic E-state index is 13.0. The van der Waals surface area contributed by atoms with Crippen molar-refractivity contribution < 1.29 is 27.2 Å². The predicted molar refractivity (Wildman–Crippen MR) is 118 cm³/mol. The number of rotatable bonds is 5. The average molecular weight is 487 g/mol. The molecule has 1 amide bonds. The van der Waals surface area contributed by atoms with Crippen molar-refractivity contribution in [2.45, 2.75) is 19.1 Å².